The van der Waals surface area contributed by atoms with Crippen LogP contribution in [-0.2, 0) is 20.0 Å². The Labute approximate surface area is 181 Å². The minimum atomic E-state index is -4.76. The van der Waals surface area contributed by atoms with Gasteiger partial charge < -0.3 is 4.98 Å². The molecule has 2 N–H and O–H groups in total. The molecule has 0 fully saturated rings. The lowest BCUT2D eigenvalue weighted by Gasteiger charge is -2.27. The number of hydrazine groups is 1. The summed E-state index contributed by atoms with van der Waals surface area (Å²) in [6.07, 6.45) is 1.44. The number of H-pyrrole nitrogens is 1. The number of alkyl halides is 3. The van der Waals surface area contributed by atoms with Crippen LogP contribution < -0.4 is 9.25 Å². The standard InChI is InChI=1S/C15H11Cl4N3O4S2/c16-11-9-20-12-7-4-8-13(14(11)12)22(21-28(25,26)15(17,18)19)27(23,24)10-5-2-1-3-6-10/h1-9,20-21H. The van der Waals surface area contributed by atoms with Gasteiger partial charge in [0.05, 0.1) is 15.6 Å². The molecule has 13 heteroatoms. The molecular formula is C15H11Cl4N3O4S2. The number of anilines is 1. The second-order valence-electron chi connectivity index (χ2n) is 5.46. The summed E-state index contributed by atoms with van der Waals surface area (Å²) in [4.78, 5) is 4.52. The van der Waals surface area contributed by atoms with Gasteiger partial charge in [-0.05, 0) is 24.3 Å². The van der Waals surface area contributed by atoms with Gasteiger partial charge in [-0.2, -0.15) is 12.8 Å². The normalized spacial score (nSPS) is 13.0. The number of rotatable bonds is 5. The van der Waals surface area contributed by atoms with Gasteiger partial charge in [0, 0.05) is 17.1 Å². The number of halogens is 4. The number of sulfonamides is 2. The van der Waals surface area contributed by atoms with Gasteiger partial charge in [-0.1, -0.05) is 70.7 Å². The Hall–Kier alpha value is -1.20. The van der Waals surface area contributed by atoms with E-state index in [4.69, 9.17) is 46.4 Å². The SMILES string of the molecule is O=S(=O)(c1ccccc1)N(NS(=O)(=O)C(Cl)(Cl)Cl)c1cccc2[nH]cc(Cl)c12. The van der Waals surface area contributed by atoms with Crippen LogP contribution in [0.25, 0.3) is 10.9 Å². The van der Waals surface area contributed by atoms with Crippen LogP contribution in [0.2, 0.25) is 5.02 Å². The number of hydrogen-bond donors (Lipinski definition) is 2. The molecule has 0 saturated heterocycles. The van der Waals surface area contributed by atoms with E-state index in [9.17, 15) is 16.8 Å². The van der Waals surface area contributed by atoms with E-state index < -0.39 is 23.2 Å². The van der Waals surface area contributed by atoms with Crippen molar-refractivity contribution in [1.82, 2.24) is 9.82 Å². The fourth-order valence-electron chi connectivity index (χ4n) is 2.38. The minimum absolute atomic E-state index is 0.0783. The molecule has 0 amide bonds. The summed E-state index contributed by atoms with van der Waals surface area (Å²) in [6, 6.07) is 11.7. The van der Waals surface area contributed by atoms with E-state index in [1.807, 2.05) is 4.83 Å². The monoisotopic (exact) mass is 501 g/mol. The van der Waals surface area contributed by atoms with Gasteiger partial charge in [-0.15, -0.1) is 4.83 Å². The molecule has 0 aliphatic heterocycles. The van der Waals surface area contributed by atoms with Gasteiger partial charge in [0.1, 0.15) is 0 Å². The highest BCUT2D eigenvalue weighted by Gasteiger charge is 2.42. The fourth-order valence-corrected chi connectivity index (χ4v) is 5.17. The largest absolute Gasteiger partial charge is 0.360 e. The maximum absolute atomic E-state index is 13.2. The zero-order valence-electron chi connectivity index (χ0n) is 13.6. The van der Waals surface area contributed by atoms with Crippen LogP contribution in [0.15, 0.2) is 59.6 Å². The third-order valence-electron chi connectivity index (χ3n) is 3.64. The third kappa shape index (κ3) is 3.93. The molecule has 0 atom stereocenters. The van der Waals surface area contributed by atoms with E-state index in [1.54, 1.807) is 12.1 Å². The molecule has 150 valence electrons. The molecule has 1 aromatic heterocycles. The van der Waals surface area contributed by atoms with E-state index in [1.165, 1.54) is 42.6 Å². The number of aromatic amines is 1. The first-order valence-corrected chi connectivity index (χ1v) is 11.8. The number of nitrogens with zero attached hydrogens (tertiary/aromatic N) is 1. The summed E-state index contributed by atoms with van der Waals surface area (Å²) in [7, 11) is -9.20. The van der Waals surface area contributed by atoms with Crippen molar-refractivity contribution < 1.29 is 16.8 Å². The Morgan fingerprint density at radius 3 is 2.18 bits per heavy atom. The van der Waals surface area contributed by atoms with Gasteiger partial charge >= 0.3 is 3.12 Å². The van der Waals surface area contributed by atoms with Gasteiger partial charge in [0.2, 0.25) is 0 Å². The quantitative estimate of drug-likeness (QED) is 0.403. The Bertz CT molecular complexity index is 1220. The fraction of sp³-hybridized carbons (Fsp3) is 0.0667. The van der Waals surface area contributed by atoms with Crippen LogP contribution in [0.1, 0.15) is 0 Å². The summed E-state index contributed by atoms with van der Waals surface area (Å²) in [5, 5.41) is 0.433. The molecule has 0 radical (unpaired) electrons. The molecule has 0 aliphatic carbocycles. The molecule has 3 rings (SSSR count). The zero-order valence-corrected chi connectivity index (χ0v) is 18.3. The van der Waals surface area contributed by atoms with Crippen molar-refractivity contribution in [3.63, 3.8) is 0 Å². The maximum atomic E-state index is 13.2. The molecule has 1 heterocycles. The van der Waals surface area contributed by atoms with Crippen LogP contribution in [0, 0.1) is 0 Å². The summed E-state index contributed by atoms with van der Waals surface area (Å²) in [6.45, 7) is 0. The summed E-state index contributed by atoms with van der Waals surface area (Å²) in [5.41, 5.74) is 0.397. The average molecular weight is 503 g/mol. The van der Waals surface area contributed by atoms with Gasteiger partial charge in [-0.25, -0.2) is 8.42 Å². The van der Waals surface area contributed by atoms with Crippen molar-refractivity contribution in [3.8, 4) is 0 Å². The van der Waals surface area contributed by atoms with Gasteiger partial charge in [0.25, 0.3) is 20.0 Å². The number of nitrogens with one attached hydrogen (secondary N) is 2. The highest BCUT2D eigenvalue weighted by atomic mass is 35.6. The molecule has 7 nitrogen and oxygen atoms in total. The average Bonchev–Trinajstić information content (AvgIpc) is 3.01. The van der Waals surface area contributed by atoms with E-state index in [0.29, 0.717) is 9.93 Å². The molecule has 0 unspecified atom stereocenters. The zero-order chi connectivity index (χ0) is 20.7. The molecular weight excluding hydrogens is 492 g/mol. The first kappa shape index (κ1) is 21.5. The summed E-state index contributed by atoms with van der Waals surface area (Å²) >= 11 is 22.7. The van der Waals surface area contributed by atoms with Gasteiger partial charge in [-0.3, -0.25) is 0 Å². The molecule has 0 bridgehead atoms. The van der Waals surface area contributed by atoms with Crippen LogP contribution in [0.3, 0.4) is 0 Å². The first-order chi connectivity index (χ1) is 12.9. The van der Waals surface area contributed by atoms with E-state index >= 15 is 0 Å². The van der Waals surface area contributed by atoms with Crippen molar-refractivity contribution in [2.24, 2.45) is 0 Å². The molecule has 0 saturated carbocycles. The number of benzene rings is 2. The second kappa shape index (κ2) is 7.56. The highest BCUT2D eigenvalue weighted by molar-refractivity contribution is 7.97. The Balaban J connectivity index is 2.28. The van der Waals surface area contributed by atoms with Crippen LogP contribution in [-0.4, -0.2) is 24.9 Å². The van der Waals surface area contributed by atoms with Crippen molar-refractivity contribution in [3.05, 3.63) is 59.8 Å². The molecule has 2 aromatic carbocycles. The van der Waals surface area contributed by atoms with Crippen molar-refractivity contribution in [2.75, 3.05) is 4.41 Å². The predicted molar refractivity (Wildman–Crippen MR) is 112 cm³/mol. The summed E-state index contributed by atoms with van der Waals surface area (Å²) < 4.78 is 48.9. The van der Waals surface area contributed by atoms with Crippen molar-refractivity contribution >= 4 is 83.0 Å². The maximum Gasteiger partial charge on any atom is 0.308 e. The Kier molecular flexibility index (Phi) is 5.81. The predicted octanol–water partition coefficient (Wildman–Crippen LogP) is 4.18. The van der Waals surface area contributed by atoms with Gasteiger partial charge in [0.15, 0.2) is 0 Å². The van der Waals surface area contributed by atoms with Crippen molar-refractivity contribution in [2.45, 2.75) is 8.02 Å². The Morgan fingerprint density at radius 1 is 0.929 bits per heavy atom. The second-order valence-corrected chi connectivity index (χ2v) is 12.4. The van der Waals surface area contributed by atoms with E-state index in [2.05, 4.69) is 4.98 Å². The lowest BCUT2D eigenvalue weighted by Crippen LogP contribution is -2.50. The number of hydrogen-bond acceptors (Lipinski definition) is 4. The minimum Gasteiger partial charge on any atom is -0.360 e. The lowest BCUT2D eigenvalue weighted by atomic mass is 10.2. The van der Waals surface area contributed by atoms with Crippen molar-refractivity contribution in [1.29, 1.82) is 0 Å². The van der Waals surface area contributed by atoms with E-state index in [-0.39, 0.29) is 21.0 Å². The lowest BCUT2D eigenvalue weighted by molar-refractivity contribution is 0.570. The van der Waals surface area contributed by atoms with E-state index in [0.717, 1.165) is 0 Å². The number of aromatic nitrogens is 1. The number of fused-ring (bicyclic) bond motifs is 1. The smallest absolute Gasteiger partial charge is 0.308 e. The Morgan fingerprint density at radius 2 is 1.57 bits per heavy atom. The topological polar surface area (TPSA) is 99.3 Å². The third-order valence-corrected chi connectivity index (χ3v) is 8.55. The molecule has 3 aromatic rings. The van der Waals surface area contributed by atoms with Crippen LogP contribution in [0.4, 0.5) is 5.69 Å². The molecule has 0 aliphatic rings. The highest BCUT2D eigenvalue weighted by Crippen LogP contribution is 2.37. The van der Waals surface area contributed by atoms with Crippen LogP contribution in [0.5, 0.6) is 0 Å². The molecule has 0 spiro atoms. The molecule has 28 heavy (non-hydrogen) atoms. The summed E-state index contributed by atoms with van der Waals surface area (Å²) in [5.74, 6) is 0. The van der Waals surface area contributed by atoms with Crippen LogP contribution >= 0.6 is 46.4 Å². The first-order valence-electron chi connectivity index (χ1n) is 7.40.